The molecule has 3 nitrogen and oxygen atoms in total. The van der Waals surface area contributed by atoms with E-state index < -0.39 is 24.7 Å². The monoisotopic (exact) mass is 338 g/mol. The standard InChI is InChI=1S/C16H13F3N2OS/c1-10-12-14(23-13(10)11-5-3-2-4-6-11)20-9-21(15(12)22)8-7-16(17,18)19/h2-6,9H,7-8H2,1H3. The largest absolute Gasteiger partial charge is 0.390 e. The van der Waals surface area contributed by atoms with Gasteiger partial charge in [0.25, 0.3) is 5.56 Å². The minimum Gasteiger partial charge on any atom is -0.298 e. The van der Waals surface area contributed by atoms with E-state index in [1.165, 1.54) is 17.7 Å². The molecular formula is C16H13F3N2OS. The van der Waals surface area contributed by atoms with Gasteiger partial charge >= 0.3 is 6.18 Å². The molecule has 0 fully saturated rings. The summed E-state index contributed by atoms with van der Waals surface area (Å²) in [6.07, 6.45) is -4.15. The lowest BCUT2D eigenvalue weighted by atomic mass is 10.1. The summed E-state index contributed by atoms with van der Waals surface area (Å²) in [5, 5.41) is 0.401. The van der Waals surface area contributed by atoms with Gasteiger partial charge in [0.05, 0.1) is 18.1 Å². The third kappa shape index (κ3) is 3.14. The van der Waals surface area contributed by atoms with Crippen LogP contribution in [-0.2, 0) is 6.54 Å². The van der Waals surface area contributed by atoms with E-state index in [2.05, 4.69) is 4.98 Å². The van der Waals surface area contributed by atoms with E-state index in [-0.39, 0.29) is 0 Å². The fourth-order valence-electron chi connectivity index (χ4n) is 2.43. The average molecular weight is 338 g/mol. The smallest absolute Gasteiger partial charge is 0.298 e. The van der Waals surface area contributed by atoms with Gasteiger partial charge in [0.15, 0.2) is 0 Å². The lowest BCUT2D eigenvalue weighted by molar-refractivity contribution is -0.136. The van der Waals surface area contributed by atoms with Gasteiger partial charge in [0, 0.05) is 11.4 Å². The van der Waals surface area contributed by atoms with E-state index in [0.717, 1.165) is 20.6 Å². The van der Waals surface area contributed by atoms with Gasteiger partial charge in [-0.15, -0.1) is 11.3 Å². The maximum absolute atomic E-state index is 12.5. The molecular weight excluding hydrogens is 325 g/mol. The number of rotatable bonds is 3. The minimum atomic E-state index is -4.30. The Labute approximate surface area is 134 Å². The first kappa shape index (κ1) is 15.7. The fraction of sp³-hybridized carbons (Fsp3) is 0.250. The number of hydrogen-bond acceptors (Lipinski definition) is 3. The molecule has 2 heterocycles. The highest BCUT2D eigenvalue weighted by molar-refractivity contribution is 7.22. The second kappa shape index (κ2) is 5.81. The predicted molar refractivity (Wildman–Crippen MR) is 84.7 cm³/mol. The van der Waals surface area contributed by atoms with Gasteiger partial charge in [0.1, 0.15) is 4.83 Å². The fourth-order valence-corrected chi connectivity index (χ4v) is 3.58. The number of aryl methyl sites for hydroxylation is 2. The zero-order chi connectivity index (χ0) is 16.6. The van der Waals surface area contributed by atoms with Crippen LogP contribution >= 0.6 is 11.3 Å². The van der Waals surface area contributed by atoms with E-state index in [4.69, 9.17) is 0 Å². The number of nitrogens with zero attached hydrogens (tertiary/aromatic N) is 2. The summed E-state index contributed by atoms with van der Waals surface area (Å²) in [6, 6.07) is 9.55. The van der Waals surface area contributed by atoms with Crippen molar-refractivity contribution in [3.05, 3.63) is 52.6 Å². The molecule has 0 aliphatic rings. The Morgan fingerprint density at radius 3 is 2.57 bits per heavy atom. The summed E-state index contributed by atoms with van der Waals surface area (Å²) in [5.41, 5.74) is 1.31. The zero-order valence-corrected chi connectivity index (χ0v) is 13.0. The number of thiophene rings is 1. The molecule has 0 atom stereocenters. The summed E-state index contributed by atoms with van der Waals surface area (Å²) >= 11 is 1.38. The van der Waals surface area contributed by atoms with E-state index >= 15 is 0 Å². The molecule has 0 amide bonds. The quantitative estimate of drug-likeness (QED) is 0.710. The number of alkyl halides is 3. The normalized spacial score (nSPS) is 12.0. The Kier molecular flexibility index (Phi) is 3.97. The lowest BCUT2D eigenvalue weighted by Crippen LogP contribution is -2.23. The highest BCUT2D eigenvalue weighted by Crippen LogP contribution is 2.35. The van der Waals surface area contributed by atoms with Crippen molar-refractivity contribution in [1.82, 2.24) is 9.55 Å². The van der Waals surface area contributed by atoms with Crippen molar-refractivity contribution in [2.45, 2.75) is 26.1 Å². The Hall–Kier alpha value is -2.15. The molecule has 23 heavy (non-hydrogen) atoms. The van der Waals surface area contributed by atoms with Gasteiger partial charge in [-0.2, -0.15) is 13.2 Å². The molecule has 7 heteroatoms. The van der Waals surface area contributed by atoms with Crippen molar-refractivity contribution in [3.8, 4) is 10.4 Å². The van der Waals surface area contributed by atoms with Crippen LogP contribution in [0.2, 0.25) is 0 Å². The molecule has 0 aliphatic carbocycles. The maximum atomic E-state index is 12.5. The predicted octanol–water partition coefficient (Wildman–Crippen LogP) is 4.39. The van der Waals surface area contributed by atoms with Crippen molar-refractivity contribution in [2.24, 2.45) is 0 Å². The minimum absolute atomic E-state index is 0.401. The number of fused-ring (bicyclic) bond motifs is 1. The molecule has 3 aromatic rings. The highest BCUT2D eigenvalue weighted by Gasteiger charge is 2.27. The van der Waals surface area contributed by atoms with E-state index in [9.17, 15) is 18.0 Å². The SMILES string of the molecule is Cc1c(-c2ccccc2)sc2ncn(CCC(F)(F)F)c(=O)c12. The third-order valence-corrected chi connectivity index (χ3v) is 4.84. The molecule has 0 spiro atoms. The van der Waals surface area contributed by atoms with Gasteiger partial charge in [-0.05, 0) is 18.1 Å². The van der Waals surface area contributed by atoms with Gasteiger partial charge in [-0.1, -0.05) is 30.3 Å². The molecule has 2 aromatic heterocycles. The van der Waals surface area contributed by atoms with Gasteiger partial charge in [-0.3, -0.25) is 9.36 Å². The van der Waals surface area contributed by atoms with Crippen molar-refractivity contribution in [2.75, 3.05) is 0 Å². The summed E-state index contributed by atoms with van der Waals surface area (Å²) < 4.78 is 38.1. The first-order valence-electron chi connectivity index (χ1n) is 6.97. The van der Waals surface area contributed by atoms with Crippen LogP contribution in [0.1, 0.15) is 12.0 Å². The van der Waals surface area contributed by atoms with Crippen LogP contribution in [0.15, 0.2) is 41.5 Å². The van der Waals surface area contributed by atoms with E-state index in [0.29, 0.717) is 10.2 Å². The average Bonchev–Trinajstić information content (AvgIpc) is 2.84. The number of hydrogen-bond donors (Lipinski definition) is 0. The molecule has 0 N–H and O–H groups in total. The second-order valence-electron chi connectivity index (χ2n) is 5.21. The molecule has 0 saturated heterocycles. The van der Waals surface area contributed by atoms with Gasteiger partial charge < -0.3 is 0 Å². The lowest BCUT2D eigenvalue weighted by Gasteiger charge is -2.08. The Balaban J connectivity index is 2.08. The van der Waals surface area contributed by atoms with Crippen LogP contribution in [-0.4, -0.2) is 15.7 Å². The summed E-state index contributed by atoms with van der Waals surface area (Å²) in [6.45, 7) is 1.39. The molecule has 0 bridgehead atoms. The maximum Gasteiger partial charge on any atom is 0.390 e. The Morgan fingerprint density at radius 1 is 1.22 bits per heavy atom. The Bertz CT molecular complexity index is 897. The molecule has 3 rings (SSSR count). The first-order valence-corrected chi connectivity index (χ1v) is 7.79. The number of benzene rings is 1. The molecule has 1 aromatic carbocycles. The summed E-state index contributed by atoms with van der Waals surface area (Å²) in [7, 11) is 0. The van der Waals surface area contributed by atoms with Crippen molar-refractivity contribution < 1.29 is 13.2 Å². The topological polar surface area (TPSA) is 34.9 Å². The van der Waals surface area contributed by atoms with Crippen LogP contribution in [0, 0.1) is 6.92 Å². The van der Waals surface area contributed by atoms with Crippen molar-refractivity contribution in [3.63, 3.8) is 0 Å². The van der Waals surface area contributed by atoms with Crippen LogP contribution < -0.4 is 5.56 Å². The summed E-state index contributed by atoms with van der Waals surface area (Å²) in [4.78, 5) is 18.1. The first-order chi connectivity index (χ1) is 10.9. The van der Waals surface area contributed by atoms with Crippen molar-refractivity contribution in [1.29, 1.82) is 0 Å². The van der Waals surface area contributed by atoms with Crippen LogP contribution in [0.3, 0.4) is 0 Å². The van der Waals surface area contributed by atoms with E-state index in [1.54, 1.807) is 6.92 Å². The van der Waals surface area contributed by atoms with E-state index in [1.807, 2.05) is 30.3 Å². The third-order valence-electron chi connectivity index (χ3n) is 3.59. The molecule has 0 unspecified atom stereocenters. The molecule has 120 valence electrons. The van der Waals surface area contributed by atoms with Crippen molar-refractivity contribution >= 4 is 21.6 Å². The van der Waals surface area contributed by atoms with Gasteiger partial charge in [-0.25, -0.2) is 4.98 Å². The Morgan fingerprint density at radius 2 is 1.91 bits per heavy atom. The second-order valence-corrected chi connectivity index (χ2v) is 6.21. The number of aromatic nitrogens is 2. The highest BCUT2D eigenvalue weighted by atomic mass is 32.1. The molecule has 0 radical (unpaired) electrons. The van der Waals surface area contributed by atoms with Crippen LogP contribution in [0.25, 0.3) is 20.7 Å². The van der Waals surface area contributed by atoms with Gasteiger partial charge in [0.2, 0.25) is 0 Å². The van der Waals surface area contributed by atoms with Crippen LogP contribution in [0.4, 0.5) is 13.2 Å². The van der Waals surface area contributed by atoms with Crippen LogP contribution in [0.5, 0.6) is 0 Å². The zero-order valence-electron chi connectivity index (χ0n) is 12.2. The molecule has 0 aliphatic heterocycles. The number of halogens is 3. The molecule has 0 saturated carbocycles. The summed E-state index contributed by atoms with van der Waals surface area (Å²) in [5.74, 6) is 0.